The van der Waals surface area contributed by atoms with Gasteiger partial charge >= 0.3 is 5.97 Å². The average molecular weight is 370 g/mol. The smallest absolute Gasteiger partial charge is 0.308 e. The predicted molar refractivity (Wildman–Crippen MR) is 98.9 cm³/mol. The zero-order valence-electron chi connectivity index (χ0n) is 15.3. The van der Waals surface area contributed by atoms with Gasteiger partial charge in [-0.2, -0.15) is 0 Å². The molecule has 0 saturated heterocycles. The number of hydrogen-bond donors (Lipinski definition) is 0. The Kier molecular flexibility index (Phi) is 5.03. The van der Waals surface area contributed by atoms with Crippen LogP contribution in [0.1, 0.15) is 6.92 Å². The molecule has 0 radical (unpaired) electrons. The molecule has 0 fully saturated rings. The topological polar surface area (TPSA) is 84.2 Å². The first-order valence-corrected chi connectivity index (χ1v) is 8.04. The van der Waals surface area contributed by atoms with Gasteiger partial charge in [0.05, 0.1) is 21.3 Å². The van der Waals surface area contributed by atoms with Gasteiger partial charge in [-0.25, -0.2) is 0 Å². The van der Waals surface area contributed by atoms with E-state index in [1.54, 1.807) is 37.4 Å². The van der Waals surface area contributed by atoms with Crippen molar-refractivity contribution in [2.45, 2.75) is 6.92 Å². The Balaban J connectivity index is 2.32. The number of esters is 1. The van der Waals surface area contributed by atoms with Crippen LogP contribution in [0.15, 0.2) is 45.6 Å². The third-order valence-corrected chi connectivity index (χ3v) is 3.94. The molecule has 0 unspecified atom stereocenters. The molecule has 3 rings (SSSR count). The van der Waals surface area contributed by atoms with Crippen LogP contribution in [0.2, 0.25) is 0 Å². The fourth-order valence-corrected chi connectivity index (χ4v) is 2.71. The summed E-state index contributed by atoms with van der Waals surface area (Å²) in [5, 5.41) is 0.0973. The highest BCUT2D eigenvalue weighted by molar-refractivity contribution is 5.90. The van der Waals surface area contributed by atoms with Crippen molar-refractivity contribution < 1.29 is 28.2 Å². The summed E-state index contributed by atoms with van der Waals surface area (Å²) in [6, 6.07) is 9.99. The van der Waals surface area contributed by atoms with Crippen LogP contribution >= 0.6 is 0 Å². The molecule has 27 heavy (non-hydrogen) atoms. The van der Waals surface area contributed by atoms with Crippen LogP contribution in [0.4, 0.5) is 0 Å². The fourth-order valence-electron chi connectivity index (χ4n) is 2.71. The molecular formula is C20H18O7. The molecule has 0 bridgehead atoms. The Labute approximate surface area is 155 Å². The highest BCUT2D eigenvalue weighted by Crippen LogP contribution is 2.36. The fraction of sp³-hybridized carbons (Fsp3) is 0.200. The Morgan fingerprint density at radius 1 is 0.926 bits per heavy atom. The molecule has 3 aromatic rings. The van der Waals surface area contributed by atoms with Crippen molar-refractivity contribution in [3.63, 3.8) is 0 Å². The van der Waals surface area contributed by atoms with Crippen LogP contribution in [0.5, 0.6) is 23.0 Å². The van der Waals surface area contributed by atoms with E-state index in [1.807, 2.05) is 0 Å². The number of carbonyl (C=O) groups excluding carboxylic acids is 1. The number of fused-ring (bicyclic) bond motifs is 1. The van der Waals surface area contributed by atoms with Crippen molar-refractivity contribution in [2.24, 2.45) is 0 Å². The van der Waals surface area contributed by atoms with E-state index in [2.05, 4.69) is 0 Å². The SMILES string of the molecule is COc1ccc(-c2oc3cc(OC)cc(OC(C)=O)c3c(=O)c2OC)cc1. The van der Waals surface area contributed by atoms with E-state index in [-0.39, 0.29) is 28.2 Å². The third kappa shape index (κ3) is 3.44. The van der Waals surface area contributed by atoms with Gasteiger partial charge in [0.25, 0.3) is 0 Å². The second-order valence-corrected chi connectivity index (χ2v) is 5.61. The number of rotatable bonds is 5. The lowest BCUT2D eigenvalue weighted by Gasteiger charge is -2.12. The highest BCUT2D eigenvalue weighted by atomic mass is 16.5. The molecule has 0 aliphatic heterocycles. The molecule has 1 heterocycles. The van der Waals surface area contributed by atoms with Gasteiger partial charge in [-0.1, -0.05) is 0 Å². The maximum absolute atomic E-state index is 13.0. The van der Waals surface area contributed by atoms with Crippen molar-refractivity contribution in [1.29, 1.82) is 0 Å². The first-order valence-electron chi connectivity index (χ1n) is 8.04. The Morgan fingerprint density at radius 2 is 1.59 bits per heavy atom. The molecule has 0 atom stereocenters. The maximum atomic E-state index is 13.0. The molecule has 0 spiro atoms. The minimum atomic E-state index is -0.567. The van der Waals surface area contributed by atoms with Crippen LogP contribution in [-0.2, 0) is 4.79 Å². The first-order chi connectivity index (χ1) is 13.0. The average Bonchev–Trinajstić information content (AvgIpc) is 2.66. The van der Waals surface area contributed by atoms with Crippen LogP contribution in [0.3, 0.4) is 0 Å². The van der Waals surface area contributed by atoms with E-state index >= 15 is 0 Å². The van der Waals surface area contributed by atoms with E-state index in [1.165, 1.54) is 27.2 Å². The minimum Gasteiger partial charge on any atom is -0.497 e. The van der Waals surface area contributed by atoms with E-state index in [0.29, 0.717) is 17.1 Å². The summed E-state index contributed by atoms with van der Waals surface area (Å²) in [5.74, 6) is 0.783. The number of hydrogen-bond acceptors (Lipinski definition) is 7. The van der Waals surface area contributed by atoms with Gasteiger partial charge in [0.1, 0.15) is 28.2 Å². The molecular weight excluding hydrogens is 352 g/mol. The maximum Gasteiger partial charge on any atom is 0.308 e. The molecule has 2 aromatic carbocycles. The van der Waals surface area contributed by atoms with Gasteiger partial charge in [0.2, 0.25) is 11.2 Å². The Bertz CT molecular complexity index is 1050. The number of methoxy groups -OCH3 is 3. The summed E-state index contributed by atoms with van der Waals surface area (Å²) < 4.78 is 26.8. The summed E-state index contributed by atoms with van der Waals surface area (Å²) in [5.41, 5.74) is 0.384. The zero-order valence-corrected chi connectivity index (χ0v) is 15.3. The van der Waals surface area contributed by atoms with Crippen LogP contribution in [0.25, 0.3) is 22.3 Å². The van der Waals surface area contributed by atoms with Crippen molar-refractivity contribution in [1.82, 2.24) is 0 Å². The number of benzene rings is 2. The normalized spacial score (nSPS) is 10.5. The number of ether oxygens (including phenoxy) is 4. The molecule has 7 heteroatoms. The first kappa shape index (κ1) is 18.3. The summed E-state index contributed by atoms with van der Waals surface area (Å²) in [4.78, 5) is 24.5. The monoisotopic (exact) mass is 370 g/mol. The molecule has 0 amide bonds. The minimum absolute atomic E-state index is 0.00577. The number of carbonyl (C=O) groups is 1. The third-order valence-electron chi connectivity index (χ3n) is 3.94. The zero-order chi connectivity index (χ0) is 19.6. The lowest BCUT2D eigenvalue weighted by molar-refractivity contribution is -0.131. The molecule has 140 valence electrons. The van der Waals surface area contributed by atoms with Crippen molar-refractivity contribution >= 4 is 16.9 Å². The second kappa shape index (κ2) is 7.41. The van der Waals surface area contributed by atoms with Crippen molar-refractivity contribution in [3.05, 3.63) is 46.6 Å². The largest absolute Gasteiger partial charge is 0.497 e. The van der Waals surface area contributed by atoms with Gasteiger partial charge < -0.3 is 23.4 Å². The summed E-state index contributed by atoms with van der Waals surface area (Å²) in [7, 11) is 4.40. The van der Waals surface area contributed by atoms with Crippen LogP contribution in [-0.4, -0.2) is 27.3 Å². The van der Waals surface area contributed by atoms with E-state index in [4.69, 9.17) is 23.4 Å². The van der Waals surface area contributed by atoms with Gasteiger partial charge in [0.15, 0.2) is 5.76 Å². The lowest BCUT2D eigenvalue weighted by atomic mass is 10.1. The molecule has 0 saturated carbocycles. The predicted octanol–water partition coefficient (Wildman–Crippen LogP) is 3.41. The molecule has 0 aliphatic rings. The van der Waals surface area contributed by atoms with Crippen molar-refractivity contribution in [3.8, 4) is 34.3 Å². The van der Waals surface area contributed by atoms with Gasteiger partial charge in [-0.05, 0) is 24.3 Å². The highest BCUT2D eigenvalue weighted by Gasteiger charge is 2.21. The van der Waals surface area contributed by atoms with Crippen LogP contribution in [0, 0.1) is 0 Å². The lowest BCUT2D eigenvalue weighted by Crippen LogP contribution is -2.11. The second-order valence-electron chi connectivity index (χ2n) is 5.61. The quantitative estimate of drug-likeness (QED) is 0.503. The summed E-state index contributed by atoms with van der Waals surface area (Å²) in [6.45, 7) is 1.25. The van der Waals surface area contributed by atoms with Gasteiger partial charge in [-0.15, -0.1) is 0 Å². The van der Waals surface area contributed by atoms with Gasteiger partial charge in [-0.3, -0.25) is 9.59 Å². The summed E-state index contributed by atoms with van der Waals surface area (Å²) in [6.07, 6.45) is 0. The van der Waals surface area contributed by atoms with Crippen molar-refractivity contribution in [2.75, 3.05) is 21.3 Å². The molecule has 7 nitrogen and oxygen atoms in total. The Hall–Kier alpha value is -3.48. The standard InChI is InChI=1S/C20H18O7/c1-11(21)26-15-9-14(24-3)10-16-17(15)18(22)20(25-4)19(27-16)12-5-7-13(23-2)8-6-12/h5-10H,1-4H3. The van der Waals surface area contributed by atoms with E-state index in [9.17, 15) is 9.59 Å². The molecule has 0 aliphatic carbocycles. The molecule has 0 N–H and O–H groups in total. The van der Waals surface area contributed by atoms with E-state index < -0.39 is 11.4 Å². The van der Waals surface area contributed by atoms with E-state index in [0.717, 1.165) is 0 Å². The Morgan fingerprint density at radius 3 is 2.15 bits per heavy atom. The molecule has 1 aromatic heterocycles. The van der Waals surface area contributed by atoms with Crippen LogP contribution < -0.4 is 24.4 Å². The summed E-state index contributed by atoms with van der Waals surface area (Å²) >= 11 is 0. The van der Waals surface area contributed by atoms with Gasteiger partial charge in [0, 0.05) is 24.6 Å².